The van der Waals surface area contributed by atoms with Crippen molar-refractivity contribution in [2.75, 3.05) is 19.7 Å². The van der Waals surface area contributed by atoms with E-state index in [0.29, 0.717) is 24.5 Å². The van der Waals surface area contributed by atoms with Crippen LogP contribution in [0.25, 0.3) is 0 Å². The van der Waals surface area contributed by atoms with Crippen LogP contribution >= 0.6 is 24.0 Å². The van der Waals surface area contributed by atoms with Crippen LogP contribution in [0.3, 0.4) is 0 Å². The van der Waals surface area contributed by atoms with Gasteiger partial charge >= 0.3 is 0 Å². The molecule has 1 saturated heterocycles. The highest BCUT2D eigenvalue weighted by molar-refractivity contribution is 14.0. The van der Waals surface area contributed by atoms with Crippen molar-refractivity contribution in [2.24, 2.45) is 16.6 Å². The molecule has 1 fully saturated rings. The summed E-state index contributed by atoms with van der Waals surface area (Å²) in [5, 5.41) is 3.16. The first-order valence-corrected chi connectivity index (χ1v) is 5.87. The zero-order valence-electron chi connectivity index (χ0n) is 10.7. The van der Waals surface area contributed by atoms with Gasteiger partial charge in [0.05, 0.1) is 12.6 Å². The summed E-state index contributed by atoms with van der Waals surface area (Å²) in [4.78, 5) is 4.18. The fraction of sp³-hybridized carbons (Fsp3) is 0.750. The zero-order valence-corrected chi connectivity index (χ0v) is 13.1. The highest BCUT2D eigenvalue weighted by Gasteiger charge is 2.18. The number of guanidine groups is 1. The summed E-state index contributed by atoms with van der Waals surface area (Å²) in [6, 6.07) is 0. The van der Waals surface area contributed by atoms with Crippen LogP contribution in [0.15, 0.2) is 17.1 Å². The highest BCUT2D eigenvalue weighted by Crippen LogP contribution is 2.18. The van der Waals surface area contributed by atoms with Crippen molar-refractivity contribution in [3.63, 3.8) is 0 Å². The first-order valence-electron chi connectivity index (χ1n) is 5.87. The lowest BCUT2D eigenvalue weighted by Crippen LogP contribution is -2.38. The maximum absolute atomic E-state index is 5.74. The number of rotatable bonds is 4. The molecule has 0 bridgehead atoms. The van der Waals surface area contributed by atoms with E-state index in [2.05, 4.69) is 23.8 Å². The van der Waals surface area contributed by atoms with Gasteiger partial charge in [0, 0.05) is 13.2 Å². The Morgan fingerprint density at radius 2 is 2.29 bits per heavy atom. The molecule has 0 aliphatic carbocycles. The van der Waals surface area contributed by atoms with Crippen molar-refractivity contribution in [3.05, 3.63) is 12.2 Å². The molecule has 1 heterocycles. The molecule has 1 rings (SSSR count). The van der Waals surface area contributed by atoms with Gasteiger partial charge < -0.3 is 15.8 Å². The van der Waals surface area contributed by atoms with Crippen LogP contribution in [0, 0.1) is 5.92 Å². The van der Waals surface area contributed by atoms with Crippen molar-refractivity contribution in [3.8, 4) is 0 Å². The molecule has 0 spiro atoms. The van der Waals surface area contributed by atoms with Gasteiger partial charge in [-0.25, -0.2) is 4.99 Å². The maximum atomic E-state index is 5.74. The molecule has 4 nitrogen and oxygen atoms in total. The minimum atomic E-state index is 0. The van der Waals surface area contributed by atoms with Gasteiger partial charge in [-0.05, 0) is 32.6 Å². The Hall–Kier alpha value is -0.300. The SMILES string of the molecule is C=C(C)CN=C(N)NCC1CCOC(C)C1.I. The number of aliphatic imine (C=N–C) groups is 1. The molecule has 0 saturated carbocycles. The second-order valence-corrected chi connectivity index (χ2v) is 4.61. The summed E-state index contributed by atoms with van der Waals surface area (Å²) >= 11 is 0. The Morgan fingerprint density at radius 1 is 1.59 bits per heavy atom. The van der Waals surface area contributed by atoms with E-state index in [1.54, 1.807) is 0 Å². The fourth-order valence-corrected chi connectivity index (χ4v) is 1.80. The summed E-state index contributed by atoms with van der Waals surface area (Å²) in [7, 11) is 0. The predicted molar refractivity (Wildman–Crippen MR) is 82.9 cm³/mol. The number of ether oxygens (including phenoxy) is 1. The molecule has 3 N–H and O–H groups in total. The van der Waals surface area contributed by atoms with Crippen LogP contribution in [-0.2, 0) is 4.74 Å². The van der Waals surface area contributed by atoms with Crippen LogP contribution in [-0.4, -0.2) is 31.8 Å². The Balaban J connectivity index is 0.00000256. The monoisotopic (exact) mass is 353 g/mol. The van der Waals surface area contributed by atoms with Crippen LogP contribution in [0.4, 0.5) is 0 Å². The number of halogens is 1. The van der Waals surface area contributed by atoms with Gasteiger partial charge in [-0.3, -0.25) is 0 Å². The van der Waals surface area contributed by atoms with Crippen LogP contribution in [0.5, 0.6) is 0 Å². The third-order valence-corrected chi connectivity index (χ3v) is 2.68. The third-order valence-electron chi connectivity index (χ3n) is 2.68. The molecule has 1 aliphatic heterocycles. The molecule has 0 aromatic heterocycles. The molecular formula is C12H24IN3O. The first-order chi connectivity index (χ1) is 7.58. The summed E-state index contributed by atoms with van der Waals surface area (Å²) in [5.74, 6) is 1.16. The van der Waals surface area contributed by atoms with E-state index < -0.39 is 0 Å². The first kappa shape index (κ1) is 16.7. The Labute approximate surface area is 121 Å². The van der Waals surface area contributed by atoms with Gasteiger partial charge in [0.25, 0.3) is 0 Å². The molecule has 0 radical (unpaired) electrons. The lowest BCUT2D eigenvalue weighted by molar-refractivity contribution is 0.00381. The predicted octanol–water partition coefficient (Wildman–Crippen LogP) is 1.90. The molecular weight excluding hydrogens is 329 g/mol. The summed E-state index contributed by atoms with van der Waals surface area (Å²) in [6.45, 7) is 10.2. The molecule has 0 aromatic rings. The van der Waals surface area contributed by atoms with Crippen LogP contribution < -0.4 is 11.1 Å². The number of nitrogens with two attached hydrogens (primary N) is 1. The Bertz CT molecular complexity index is 268. The zero-order chi connectivity index (χ0) is 12.0. The van der Waals surface area contributed by atoms with E-state index in [0.717, 1.165) is 31.6 Å². The average molecular weight is 353 g/mol. The number of hydrogen-bond donors (Lipinski definition) is 2. The minimum absolute atomic E-state index is 0. The van der Waals surface area contributed by atoms with E-state index in [9.17, 15) is 0 Å². The van der Waals surface area contributed by atoms with Gasteiger partial charge in [-0.15, -0.1) is 24.0 Å². The molecule has 2 unspecified atom stereocenters. The normalized spacial score (nSPS) is 24.9. The smallest absolute Gasteiger partial charge is 0.188 e. The molecule has 0 aromatic carbocycles. The Kier molecular flexibility index (Phi) is 8.59. The molecule has 17 heavy (non-hydrogen) atoms. The minimum Gasteiger partial charge on any atom is -0.378 e. The lowest BCUT2D eigenvalue weighted by atomic mass is 9.96. The van der Waals surface area contributed by atoms with Crippen molar-refractivity contribution in [1.29, 1.82) is 0 Å². The largest absolute Gasteiger partial charge is 0.378 e. The lowest BCUT2D eigenvalue weighted by Gasteiger charge is -2.27. The number of nitrogens with one attached hydrogen (secondary N) is 1. The van der Waals surface area contributed by atoms with Gasteiger partial charge in [0.1, 0.15) is 0 Å². The van der Waals surface area contributed by atoms with Crippen molar-refractivity contribution < 1.29 is 4.74 Å². The second-order valence-electron chi connectivity index (χ2n) is 4.61. The molecule has 2 atom stereocenters. The number of hydrogen-bond acceptors (Lipinski definition) is 2. The van der Waals surface area contributed by atoms with E-state index in [4.69, 9.17) is 10.5 Å². The van der Waals surface area contributed by atoms with E-state index in [1.165, 1.54) is 0 Å². The van der Waals surface area contributed by atoms with Gasteiger partial charge in [0.15, 0.2) is 5.96 Å². The highest BCUT2D eigenvalue weighted by atomic mass is 127. The maximum Gasteiger partial charge on any atom is 0.188 e. The molecule has 0 amide bonds. The van der Waals surface area contributed by atoms with E-state index >= 15 is 0 Å². The van der Waals surface area contributed by atoms with Gasteiger partial charge in [-0.2, -0.15) is 0 Å². The second kappa shape index (κ2) is 8.74. The third kappa shape index (κ3) is 7.59. The molecule has 1 aliphatic rings. The summed E-state index contributed by atoms with van der Waals surface area (Å²) in [5.41, 5.74) is 6.76. The average Bonchev–Trinajstić information content (AvgIpc) is 2.23. The topological polar surface area (TPSA) is 59.6 Å². The van der Waals surface area contributed by atoms with Crippen LogP contribution in [0.1, 0.15) is 26.7 Å². The summed E-state index contributed by atoms with van der Waals surface area (Å²) in [6.07, 6.45) is 2.57. The summed E-state index contributed by atoms with van der Waals surface area (Å²) < 4.78 is 5.49. The van der Waals surface area contributed by atoms with Gasteiger partial charge in [-0.1, -0.05) is 12.2 Å². The van der Waals surface area contributed by atoms with Gasteiger partial charge in [0.2, 0.25) is 0 Å². The quantitative estimate of drug-likeness (QED) is 0.351. The fourth-order valence-electron chi connectivity index (χ4n) is 1.80. The van der Waals surface area contributed by atoms with E-state index in [1.807, 2.05) is 6.92 Å². The molecule has 5 heteroatoms. The van der Waals surface area contributed by atoms with E-state index in [-0.39, 0.29) is 24.0 Å². The molecule has 100 valence electrons. The van der Waals surface area contributed by atoms with Crippen LogP contribution in [0.2, 0.25) is 0 Å². The van der Waals surface area contributed by atoms with Crippen molar-refractivity contribution in [2.45, 2.75) is 32.8 Å². The standard InChI is InChI=1S/C12H23N3O.HI/c1-9(2)7-14-12(13)15-8-11-4-5-16-10(3)6-11;/h10-11H,1,4-8H2,2-3H3,(H3,13,14,15);1H. The van der Waals surface area contributed by atoms with Crippen molar-refractivity contribution >= 4 is 29.9 Å². The number of nitrogens with zero attached hydrogens (tertiary/aromatic N) is 1. The van der Waals surface area contributed by atoms with Crippen molar-refractivity contribution in [1.82, 2.24) is 5.32 Å². The Morgan fingerprint density at radius 3 is 2.88 bits per heavy atom.